The number of rotatable bonds is 3. The standard InChI is InChI=1S/C9H15N3OS/c1-9(13-2)5-12(6-9)8-11-7(3-10)4-14-8/h4H,3,5-6,10H2,1-2H3. The van der Waals surface area contributed by atoms with Crippen molar-refractivity contribution in [1.29, 1.82) is 0 Å². The molecule has 2 N–H and O–H groups in total. The third-order valence-corrected chi connectivity index (χ3v) is 3.51. The molecule has 78 valence electrons. The average molecular weight is 213 g/mol. The Morgan fingerprint density at radius 2 is 2.43 bits per heavy atom. The van der Waals surface area contributed by atoms with Gasteiger partial charge in [0, 0.05) is 19.0 Å². The van der Waals surface area contributed by atoms with E-state index in [0.717, 1.165) is 23.9 Å². The molecule has 0 unspecified atom stereocenters. The van der Waals surface area contributed by atoms with E-state index in [1.807, 2.05) is 5.38 Å². The van der Waals surface area contributed by atoms with Crippen molar-refractivity contribution in [3.05, 3.63) is 11.1 Å². The molecule has 14 heavy (non-hydrogen) atoms. The summed E-state index contributed by atoms with van der Waals surface area (Å²) in [6, 6.07) is 0. The molecule has 1 aliphatic heterocycles. The van der Waals surface area contributed by atoms with Crippen molar-refractivity contribution in [2.24, 2.45) is 5.73 Å². The lowest BCUT2D eigenvalue weighted by molar-refractivity contribution is -0.0167. The lowest BCUT2D eigenvalue weighted by Gasteiger charge is -2.46. The second-order valence-electron chi connectivity index (χ2n) is 3.84. The monoisotopic (exact) mass is 213 g/mol. The minimum Gasteiger partial charge on any atom is -0.375 e. The Hall–Kier alpha value is -0.650. The SMILES string of the molecule is COC1(C)CN(c2nc(CN)cs2)C1. The number of anilines is 1. The van der Waals surface area contributed by atoms with Gasteiger partial charge >= 0.3 is 0 Å². The fourth-order valence-electron chi connectivity index (χ4n) is 1.56. The van der Waals surface area contributed by atoms with Gasteiger partial charge in [0.2, 0.25) is 0 Å². The molecule has 1 aliphatic rings. The van der Waals surface area contributed by atoms with Crippen molar-refractivity contribution in [1.82, 2.24) is 4.98 Å². The summed E-state index contributed by atoms with van der Waals surface area (Å²) in [5.74, 6) is 0. The van der Waals surface area contributed by atoms with E-state index in [4.69, 9.17) is 10.5 Å². The summed E-state index contributed by atoms with van der Waals surface area (Å²) in [7, 11) is 1.75. The molecular formula is C9H15N3OS. The average Bonchev–Trinajstić information content (AvgIpc) is 2.61. The zero-order chi connectivity index (χ0) is 10.2. The highest BCUT2D eigenvalue weighted by Crippen LogP contribution is 2.31. The van der Waals surface area contributed by atoms with Crippen LogP contribution in [0.4, 0.5) is 5.13 Å². The smallest absolute Gasteiger partial charge is 0.185 e. The van der Waals surface area contributed by atoms with Crippen LogP contribution in [0, 0.1) is 0 Å². The fraction of sp³-hybridized carbons (Fsp3) is 0.667. The third-order valence-electron chi connectivity index (χ3n) is 2.56. The lowest BCUT2D eigenvalue weighted by Crippen LogP contribution is -2.61. The van der Waals surface area contributed by atoms with Gasteiger partial charge in [-0.3, -0.25) is 0 Å². The van der Waals surface area contributed by atoms with Crippen LogP contribution in [0.2, 0.25) is 0 Å². The number of thiazole rings is 1. The zero-order valence-electron chi connectivity index (χ0n) is 8.49. The Labute approximate surface area is 87.7 Å². The molecule has 0 spiro atoms. The Morgan fingerprint density at radius 3 is 2.93 bits per heavy atom. The van der Waals surface area contributed by atoms with Crippen LogP contribution in [0.3, 0.4) is 0 Å². The Balaban J connectivity index is 1.99. The zero-order valence-corrected chi connectivity index (χ0v) is 9.30. The molecule has 1 aromatic rings. The van der Waals surface area contributed by atoms with Gasteiger partial charge in [-0.05, 0) is 6.92 Å². The second-order valence-corrected chi connectivity index (χ2v) is 4.67. The molecule has 0 aromatic carbocycles. The number of methoxy groups -OCH3 is 1. The van der Waals surface area contributed by atoms with Gasteiger partial charge in [-0.25, -0.2) is 4.98 Å². The van der Waals surface area contributed by atoms with Gasteiger partial charge in [-0.15, -0.1) is 11.3 Å². The van der Waals surface area contributed by atoms with Crippen LogP contribution in [0.5, 0.6) is 0 Å². The minimum absolute atomic E-state index is 0.00848. The Bertz CT molecular complexity index is 320. The molecule has 0 radical (unpaired) electrons. The largest absolute Gasteiger partial charge is 0.375 e. The van der Waals surface area contributed by atoms with E-state index in [1.165, 1.54) is 0 Å². The number of hydrogen-bond donors (Lipinski definition) is 1. The van der Waals surface area contributed by atoms with Gasteiger partial charge in [0.25, 0.3) is 0 Å². The maximum atomic E-state index is 5.50. The summed E-state index contributed by atoms with van der Waals surface area (Å²) in [5.41, 5.74) is 6.48. The molecule has 0 bridgehead atoms. The summed E-state index contributed by atoms with van der Waals surface area (Å²) < 4.78 is 5.37. The summed E-state index contributed by atoms with van der Waals surface area (Å²) in [6.45, 7) is 4.47. The van der Waals surface area contributed by atoms with Gasteiger partial charge in [-0.1, -0.05) is 0 Å². The van der Waals surface area contributed by atoms with Crippen LogP contribution in [0.1, 0.15) is 12.6 Å². The maximum absolute atomic E-state index is 5.50. The number of aromatic nitrogens is 1. The van der Waals surface area contributed by atoms with E-state index in [-0.39, 0.29) is 5.60 Å². The second kappa shape index (κ2) is 3.49. The number of nitrogens with zero attached hydrogens (tertiary/aromatic N) is 2. The van der Waals surface area contributed by atoms with Crippen LogP contribution >= 0.6 is 11.3 Å². The van der Waals surface area contributed by atoms with E-state index in [0.29, 0.717) is 6.54 Å². The predicted octanol–water partition coefficient (Wildman–Crippen LogP) is 0.827. The fourth-order valence-corrected chi connectivity index (χ4v) is 2.40. The Morgan fingerprint density at radius 1 is 1.71 bits per heavy atom. The third kappa shape index (κ3) is 1.63. The van der Waals surface area contributed by atoms with Crippen LogP contribution < -0.4 is 10.6 Å². The van der Waals surface area contributed by atoms with E-state index in [2.05, 4.69) is 16.8 Å². The topological polar surface area (TPSA) is 51.4 Å². The molecule has 5 heteroatoms. The van der Waals surface area contributed by atoms with E-state index < -0.39 is 0 Å². The molecule has 2 heterocycles. The van der Waals surface area contributed by atoms with Crippen molar-refractivity contribution in [2.75, 3.05) is 25.1 Å². The van der Waals surface area contributed by atoms with Crippen LogP contribution in [0.25, 0.3) is 0 Å². The molecule has 1 fully saturated rings. The van der Waals surface area contributed by atoms with Gasteiger partial charge in [0.15, 0.2) is 5.13 Å². The normalized spacial score (nSPS) is 19.5. The van der Waals surface area contributed by atoms with Crippen LogP contribution in [-0.2, 0) is 11.3 Å². The van der Waals surface area contributed by atoms with E-state index >= 15 is 0 Å². The summed E-state index contributed by atoms with van der Waals surface area (Å²) in [5, 5.41) is 3.07. The van der Waals surface area contributed by atoms with Crippen molar-refractivity contribution < 1.29 is 4.74 Å². The molecule has 0 amide bonds. The van der Waals surface area contributed by atoms with Gasteiger partial charge in [-0.2, -0.15) is 0 Å². The summed E-state index contributed by atoms with van der Waals surface area (Å²) >= 11 is 1.65. The molecule has 0 atom stereocenters. The molecule has 2 rings (SSSR count). The first-order chi connectivity index (χ1) is 6.67. The minimum atomic E-state index is 0.00848. The van der Waals surface area contributed by atoms with Crippen molar-refractivity contribution in [2.45, 2.75) is 19.1 Å². The quantitative estimate of drug-likeness (QED) is 0.808. The van der Waals surface area contributed by atoms with Gasteiger partial charge in [0.05, 0.1) is 24.4 Å². The highest BCUT2D eigenvalue weighted by molar-refractivity contribution is 7.13. The molecule has 0 aliphatic carbocycles. The lowest BCUT2D eigenvalue weighted by atomic mass is 9.97. The predicted molar refractivity (Wildman–Crippen MR) is 57.6 cm³/mol. The summed E-state index contributed by atoms with van der Waals surface area (Å²) in [4.78, 5) is 6.63. The first kappa shape index (κ1) is 9.89. The van der Waals surface area contributed by atoms with Crippen molar-refractivity contribution in [3.8, 4) is 0 Å². The van der Waals surface area contributed by atoms with Crippen LogP contribution in [0.15, 0.2) is 5.38 Å². The highest BCUT2D eigenvalue weighted by Gasteiger charge is 2.40. The number of ether oxygens (including phenoxy) is 1. The molecule has 1 aromatic heterocycles. The van der Waals surface area contributed by atoms with Gasteiger partial charge < -0.3 is 15.4 Å². The first-order valence-electron chi connectivity index (χ1n) is 4.61. The molecule has 1 saturated heterocycles. The van der Waals surface area contributed by atoms with Crippen molar-refractivity contribution >= 4 is 16.5 Å². The Kier molecular flexibility index (Phi) is 2.47. The van der Waals surface area contributed by atoms with E-state index in [1.54, 1.807) is 18.4 Å². The van der Waals surface area contributed by atoms with Crippen LogP contribution in [-0.4, -0.2) is 30.8 Å². The molecule has 4 nitrogen and oxygen atoms in total. The van der Waals surface area contributed by atoms with E-state index in [9.17, 15) is 0 Å². The number of hydrogen-bond acceptors (Lipinski definition) is 5. The molecular weight excluding hydrogens is 198 g/mol. The molecule has 0 saturated carbocycles. The van der Waals surface area contributed by atoms with Crippen molar-refractivity contribution in [3.63, 3.8) is 0 Å². The first-order valence-corrected chi connectivity index (χ1v) is 5.49. The summed E-state index contributed by atoms with van der Waals surface area (Å²) in [6.07, 6.45) is 0. The number of nitrogens with two attached hydrogens (primary N) is 1. The maximum Gasteiger partial charge on any atom is 0.185 e. The van der Waals surface area contributed by atoms with Gasteiger partial charge in [0.1, 0.15) is 0 Å². The highest BCUT2D eigenvalue weighted by atomic mass is 32.1.